The molecule has 0 heterocycles. The predicted octanol–water partition coefficient (Wildman–Crippen LogP) is 2.87. The minimum atomic E-state index is 0.192. The summed E-state index contributed by atoms with van der Waals surface area (Å²) in [5.41, 5.74) is 3.97. The smallest absolute Gasteiger partial charge is 0.115 e. The topological polar surface area (TPSA) is 58.3 Å². The van der Waals surface area contributed by atoms with Crippen LogP contribution < -0.4 is 11.3 Å². The van der Waals surface area contributed by atoms with Crippen molar-refractivity contribution in [3.05, 3.63) is 29.8 Å². The van der Waals surface area contributed by atoms with Crippen LogP contribution in [0, 0.1) is 0 Å². The van der Waals surface area contributed by atoms with E-state index in [2.05, 4.69) is 12.3 Å². The van der Waals surface area contributed by atoms with Crippen LogP contribution >= 0.6 is 0 Å². The Morgan fingerprint density at radius 1 is 1.19 bits per heavy atom. The fourth-order valence-corrected chi connectivity index (χ4v) is 1.83. The molecule has 0 aromatic heterocycles. The van der Waals surface area contributed by atoms with Crippen LogP contribution in [0.3, 0.4) is 0 Å². The van der Waals surface area contributed by atoms with Crippen LogP contribution in [0.15, 0.2) is 24.3 Å². The molecule has 0 fully saturated rings. The Morgan fingerprint density at radius 2 is 1.88 bits per heavy atom. The molecule has 0 aliphatic carbocycles. The summed E-state index contributed by atoms with van der Waals surface area (Å²) in [6.07, 6.45) is 6.02. The van der Waals surface area contributed by atoms with Gasteiger partial charge in [0.15, 0.2) is 0 Å². The minimum Gasteiger partial charge on any atom is -0.508 e. The second-order valence-electron chi connectivity index (χ2n) is 4.16. The van der Waals surface area contributed by atoms with E-state index in [9.17, 15) is 5.11 Å². The average molecular weight is 222 g/mol. The molecule has 3 heteroatoms. The van der Waals surface area contributed by atoms with Crippen molar-refractivity contribution in [2.45, 2.75) is 45.1 Å². The van der Waals surface area contributed by atoms with E-state index in [1.807, 2.05) is 12.1 Å². The normalized spacial score (nSPS) is 12.6. The summed E-state index contributed by atoms with van der Waals surface area (Å²) < 4.78 is 0. The van der Waals surface area contributed by atoms with Gasteiger partial charge in [-0.1, -0.05) is 44.7 Å². The molecule has 1 aromatic carbocycles. The Kier molecular flexibility index (Phi) is 5.90. The summed E-state index contributed by atoms with van der Waals surface area (Å²) in [5.74, 6) is 5.84. The third-order valence-corrected chi connectivity index (χ3v) is 2.84. The third-order valence-electron chi connectivity index (χ3n) is 2.84. The summed E-state index contributed by atoms with van der Waals surface area (Å²) in [5, 5.41) is 9.21. The van der Waals surface area contributed by atoms with Gasteiger partial charge in [0.2, 0.25) is 0 Å². The molecule has 1 aromatic rings. The van der Waals surface area contributed by atoms with Gasteiger partial charge >= 0.3 is 0 Å². The van der Waals surface area contributed by atoms with E-state index in [1.165, 1.54) is 25.7 Å². The van der Waals surface area contributed by atoms with Crippen molar-refractivity contribution in [3.63, 3.8) is 0 Å². The largest absolute Gasteiger partial charge is 0.508 e. The van der Waals surface area contributed by atoms with Crippen molar-refractivity contribution >= 4 is 0 Å². The SMILES string of the molecule is CCCCCCC(NN)c1ccc(O)cc1. The van der Waals surface area contributed by atoms with E-state index in [-0.39, 0.29) is 6.04 Å². The van der Waals surface area contributed by atoms with E-state index >= 15 is 0 Å². The number of benzene rings is 1. The van der Waals surface area contributed by atoms with Crippen LogP contribution in [0.2, 0.25) is 0 Å². The van der Waals surface area contributed by atoms with E-state index in [0.717, 1.165) is 12.0 Å². The fraction of sp³-hybridized carbons (Fsp3) is 0.538. The van der Waals surface area contributed by atoms with Crippen molar-refractivity contribution < 1.29 is 5.11 Å². The summed E-state index contributed by atoms with van der Waals surface area (Å²) in [7, 11) is 0. The zero-order valence-corrected chi connectivity index (χ0v) is 9.95. The molecule has 1 unspecified atom stereocenters. The molecule has 16 heavy (non-hydrogen) atoms. The van der Waals surface area contributed by atoms with E-state index in [0.29, 0.717) is 5.75 Å². The Bertz CT molecular complexity index is 284. The van der Waals surface area contributed by atoms with Crippen molar-refractivity contribution in [2.24, 2.45) is 5.84 Å². The number of rotatable bonds is 7. The molecular formula is C13H22N2O. The van der Waals surface area contributed by atoms with Gasteiger partial charge in [0.1, 0.15) is 5.75 Å². The quantitative estimate of drug-likeness (QED) is 0.378. The van der Waals surface area contributed by atoms with Gasteiger partial charge < -0.3 is 5.11 Å². The van der Waals surface area contributed by atoms with Crippen LogP contribution in [-0.4, -0.2) is 5.11 Å². The zero-order chi connectivity index (χ0) is 11.8. The summed E-state index contributed by atoms with van der Waals surface area (Å²) in [4.78, 5) is 0. The number of phenols is 1. The number of unbranched alkanes of at least 4 members (excludes halogenated alkanes) is 3. The Balaban J connectivity index is 2.44. The summed E-state index contributed by atoms with van der Waals surface area (Å²) in [6.45, 7) is 2.21. The van der Waals surface area contributed by atoms with Crippen molar-refractivity contribution in [1.29, 1.82) is 0 Å². The highest BCUT2D eigenvalue weighted by Gasteiger charge is 2.08. The van der Waals surface area contributed by atoms with Crippen LogP contribution in [0.25, 0.3) is 0 Å². The molecule has 4 N–H and O–H groups in total. The van der Waals surface area contributed by atoms with Crippen LogP contribution in [0.1, 0.15) is 50.6 Å². The van der Waals surface area contributed by atoms with Crippen molar-refractivity contribution in [2.75, 3.05) is 0 Å². The number of hydrogen-bond donors (Lipinski definition) is 3. The third kappa shape index (κ3) is 4.21. The van der Waals surface area contributed by atoms with Gasteiger partial charge in [0.25, 0.3) is 0 Å². The number of nitrogens with one attached hydrogen (secondary N) is 1. The first-order chi connectivity index (χ1) is 7.77. The molecule has 1 rings (SSSR count). The number of hydrogen-bond acceptors (Lipinski definition) is 3. The summed E-state index contributed by atoms with van der Waals surface area (Å²) >= 11 is 0. The highest BCUT2D eigenvalue weighted by atomic mass is 16.3. The second-order valence-corrected chi connectivity index (χ2v) is 4.16. The lowest BCUT2D eigenvalue weighted by Crippen LogP contribution is -2.27. The Hall–Kier alpha value is -1.06. The number of phenolic OH excluding ortho intramolecular Hbond substituents is 1. The molecule has 0 spiro atoms. The van der Waals surface area contributed by atoms with Gasteiger partial charge in [-0.25, -0.2) is 0 Å². The van der Waals surface area contributed by atoms with Crippen LogP contribution in [0.5, 0.6) is 5.75 Å². The lowest BCUT2D eigenvalue weighted by Gasteiger charge is -2.16. The molecule has 3 nitrogen and oxygen atoms in total. The highest BCUT2D eigenvalue weighted by molar-refractivity contribution is 5.27. The summed E-state index contributed by atoms with van der Waals surface area (Å²) in [6, 6.07) is 7.43. The predicted molar refractivity (Wildman–Crippen MR) is 66.9 cm³/mol. The minimum absolute atomic E-state index is 0.192. The first-order valence-corrected chi connectivity index (χ1v) is 6.03. The lowest BCUT2D eigenvalue weighted by molar-refractivity contribution is 0.469. The van der Waals surface area contributed by atoms with Gasteiger partial charge in [0.05, 0.1) is 0 Å². The van der Waals surface area contributed by atoms with Gasteiger partial charge in [-0.05, 0) is 24.1 Å². The van der Waals surface area contributed by atoms with Crippen LogP contribution in [0.4, 0.5) is 0 Å². The number of aromatic hydroxyl groups is 1. The van der Waals surface area contributed by atoms with Crippen molar-refractivity contribution in [3.8, 4) is 5.75 Å². The molecule has 0 saturated heterocycles. The fourth-order valence-electron chi connectivity index (χ4n) is 1.83. The van der Waals surface area contributed by atoms with Crippen molar-refractivity contribution in [1.82, 2.24) is 5.43 Å². The van der Waals surface area contributed by atoms with Gasteiger partial charge in [-0.3, -0.25) is 11.3 Å². The molecule has 0 radical (unpaired) electrons. The van der Waals surface area contributed by atoms with Gasteiger partial charge in [-0.15, -0.1) is 0 Å². The molecule has 0 bridgehead atoms. The monoisotopic (exact) mass is 222 g/mol. The molecule has 90 valence electrons. The van der Waals surface area contributed by atoms with E-state index in [4.69, 9.17) is 5.84 Å². The maximum Gasteiger partial charge on any atom is 0.115 e. The maximum absolute atomic E-state index is 9.21. The number of nitrogens with two attached hydrogens (primary N) is 1. The Labute approximate surface area is 97.6 Å². The molecular weight excluding hydrogens is 200 g/mol. The van der Waals surface area contributed by atoms with Crippen LogP contribution in [-0.2, 0) is 0 Å². The highest BCUT2D eigenvalue weighted by Crippen LogP contribution is 2.21. The average Bonchev–Trinajstić information content (AvgIpc) is 2.31. The Morgan fingerprint density at radius 3 is 2.44 bits per heavy atom. The molecule has 0 amide bonds. The first-order valence-electron chi connectivity index (χ1n) is 6.03. The maximum atomic E-state index is 9.21. The molecule has 0 aliphatic heterocycles. The van der Waals surface area contributed by atoms with Gasteiger partial charge in [0, 0.05) is 6.04 Å². The number of hydrazine groups is 1. The van der Waals surface area contributed by atoms with E-state index < -0.39 is 0 Å². The zero-order valence-electron chi connectivity index (χ0n) is 9.95. The standard InChI is InChI=1S/C13H22N2O/c1-2-3-4-5-6-13(15-14)11-7-9-12(16)10-8-11/h7-10,13,15-16H,2-6,14H2,1H3. The molecule has 1 atom stereocenters. The van der Waals surface area contributed by atoms with E-state index in [1.54, 1.807) is 12.1 Å². The van der Waals surface area contributed by atoms with Gasteiger partial charge in [-0.2, -0.15) is 0 Å². The molecule has 0 aliphatic rings. The lowest BCUT2D eigenvalue weighted by atomic mass is 10.0. The first kappa shape index (κ1) is 13.0. The second kappa shape index (κ2) is 7.25. The molecule has 0 saturated carbocycles.